The first kappa shape index (κ1) is 25.2. The second-order valence-electron chi connectivity index (χ2n) is 8.49. The molecule has 2 atom stereocenters. The van der Waals surface area contributed by atoms with Gasteiger partial charge in [0.25, 0.3) is 0 Å². The molecule has 2 heterocycles. The molecule has 0 aromatic heterocycles. The number of benzene rings is 2. The minimum absolute atomic E-state index is 0. The molecule has 2 aliphatic rings. The van der Waals surface area contributed by atoms with E-state index in [0.29, 0.717) is 12.0 Å². The summed E-state index contributed by atoms with van der Waals surface area (Å²) in [7, 11) is 0. The van der Waals surface area contributed by atoms with Crippen LogP contribution >= 0.6 is 24.8 Å². The van der Waals surface area contributed by atoms with Gasteiger partial charge in [0.15, 0.2) is 0 Å². The summed E-state index contributed by atoms with van der Waals surface area (Å²) in [6, 6.07) is 22.6. The Morgan fingerprint density at radius 1 is 0.767 bits per heavy atom. The molecule has 2 aliphatic heterocycles. The smallest absolute Gasteiger partial charge is 0.0234 e. The molecule has 3 nitrogen and oxygen atoms in total. The average molecular weight is 450 g/mol. The first-order chi connectivity index (χ1) is 13.9. The van der Waals surface area contributed by atoms with Crippen molar-refractivity contribution in [3.05, 3.63) is 71.8 Å². The molecule has 2 aromatic rings. The molecule has 0 aliphatic carbocycles. The van der Waals surface area contributed by atoms with Crippen molar-refractivity contribution in [3.63, 3.8) is 0 Å². The Hall–Kier alpha value is -1.10. The first-order valence-electron chi connectivity index (χ1n) is 11.2. The number of hydrogen-bond donors (Lipinski definition) is 1. The molecule has 0 bridgehead atoms. The van der Waals surface area contributed by atoms with E-state index in [1.54, 1.807) is 0 Å². The molecule has 30 heavy (non-hydrogen) atoms. The molecule has 0 saturated carbocycles. The standard InChI is InChI=1S/C25H35N3.2ClH/c1-4-10-22(11-5-1)20-28-18-14-25(24(21-28)23-12-6-2-7-13-23)26-15-19-27-16-8-3-9-17-27;;/h1-2,4-7,10-13,24-26H,3,8-9,14-21H2;2*1H. The van der Waals surface area contributed by atoms with Gasteiger partial charge in [0, 0.05) is 44.7 Å². The van der Waals surface area contributed by atoms with E-state index in [4.69, 9.17) is 0 Å². The van der Waals surface area contributed by atoms with E-state index in [1.165, 1.54) is 63.0 Å². The van der Waals surface area contributed by atoms with Crippen LogP contribution in [0.1, 0.15) is 42.7 Å². The van der Waals surface area contributed by atoms with Crippen LogP contribution in [0.15, 0.2) is 60.7 Å². The van der Waals surface area contributed by atoms with Crippen molar-refractivity contribution < 1.29 is 0 Å². The van der Waals surface area contributed by atoms with Gasteiger partial charge >= 0.3 is 0 Å². The average Bonchev–Trinajstić information content (AvgIpc) is 2.77. The van der Waals surface area contributed by atoms with Crippen LogP contribution in [0.5, 0.6) is 0 Å². The molecule has 2 saturated heterocycles. The Labute approximate surface area is 195 Å². The maximum atomic E-state index is 3.93. The van der Waals surface area contributed by atoms with Gasteiger partial charge in [-0.2, -0.15) is 0 Å². The number of hydrogen-bond acceptors (Lipinski definition) is 3. The summed E-state index contributed by atoms with van der Waals surface area (Å²) in [5.41, 5.74) is 2.90. The highest BCUT2D eigenvalue weighted by atomic mass is 35.5. The summed E-state index contributed by atoms with van der Waals surface area (Å²) in [4.78, 5) is 5.27. The van der Waals surface area contributed by atoms with Crippen molar-refractivity contribution in [3.8, 4) is 0 Å². The van der Waals surface area contributed by atoms with Gasteiger partial charge in [0.1, 0.15) is 0 Å². The Kier molecular flexibility index (Phi) is 11.2. The van der Waals surface area contributed by atoms with Crippen LogP contribution in [-0.4, -0.2) is 55.1 Å². The van der Waals surface area contributed by atoms with E-state index in [1.807, 2.05) is 0 Å². The third-order valence-electron chi connectivity index (χ3n) is 6.46. The van der Waals surface area contributed by atoms with E-state index in [0.717, 1.165) is 19.6 Å². The molecule has 2 fully saturated rings. The number of nitrogens with zero attached hydrogens (tertiary/aromatic N) is 2. The van der Waals surface area contributed by atoms with Gasteiger partial charge in [-0.15, -0.1) is 24.8 Å². The van der Waals surface area contributed by atoms with Gasteiger partial charge in [-0.25, -0.2) is 0 Å². The summed E-state index contributed by atoms with van der Waals surface area (Å²) in [6.07, 6.45) is 5.40. The lowest BCUT2D eigenvalue weighted by Crippen LogP contribution is -2.49. The topological polar surface area (TPSA) is 18.5 Å². The number of rotatable bonds is 7. The zero-order valence-corrected chi connectivity index (χ0v) is 19.6. The summed E-state index contributed by atoms with van der Waals surface area (Å²) in [5, 5.41) is 3.93. The van der Waals surface area contributed by atoms with Crippen molar-refractivity contribution in [2.75, 3.05) is 39.3 Å². The predicted molar refractivity (Wildman–Crippen MR) is 132 cm³/mol. The molecule has 5 heteroatoms. The van der Waals surface area contributed by atoms with Crippen LogP contribution < -0.4 is 5.32 Å². The highest BCUT2D eigenvalue weighted by molar-refractivity contribution is 5.85. The zero-order valence-electron chi connectivity index (χ0n) is 17.9. The van der Waals surface area contributed by atoms with E-state index >= 15 is 0 Å². The van der Waals surface area contributed by atoms with Crippen LogP contribution in [0.2, 0.25) is 0 Å². The minimum Gasteiger partial charge on any atom is -0.312 e. The summed E-state index contributed by atoms with van der Waals surface area (Å²) in [6.45, 7) is 8.28. The largest absolute Gasteiger partial charge is 0.312 e. The lowest BCUT2D eigenvalue weighted by atomic mass is 9.85. The van der Waals surface area contributed by atoms with Crippen LogP contribution in [0, 0.1) is 0 Å². The third kappa shape index (κ3) is 7.25. The van der Waals surface area contributed by atoms with Crippen molar-refractivity contribution in [2.24, 2.45) is 0 Å². The van der Waals surface area contributed by atoms with E-state index in [9.17, 15) is 0 Å². The molecule has 4 rings (SSSR count). The van der Waals surface area contributed by atoms with Crippen LogP contribution in [-0.2, 0) is 6.54 Å². The second-order valence-corrected chi connectivity index (χ2v) is 8.49. The van der Waals surface area contributed by atoms with Crippen LogP contribution in [0.25, 0.3) is 0 Å². The van der Waals surface area contributed by atoms with Crippen molar-refractivity contribution in [2.45, 2.75) is 44.2 Å². The van der Waals surface area contributed by atoms with E-state index in [2.05, 4.69) is 75.8 Å². The number of nitrogens with one attached hydrogen (secondary N) is 1. The van der Waals surface area contributed by atoms with Gasteiger partial charge in [-0.3, -0.25) is 4.90 Å². The van der Waals surface area contributed by atoms with E-state index < -0.39 is 0 Å². The third-order valence-corrected chi connectivity index (χ3v) is 6.46. The maximum absolute atomic E-state index is 3.93. The highest BCUT2D eigenvalue weighted by Crippen LogP contribution is 2.28. The highest BCUT2D eigenvalue weighted by Gasteiger charge is 2.30. The lowest BCUT2D eigenvalue weighted by Gasteiger charge is -2.40. The van der Waals surface area contributed by atoms with Gasteiger partial charge in [0.2, 0.25) is 0 Å². The molecule has 1 N–H and O–H groups in total. The van der Waals surface area contributed by atoms with Gasteiger partial charge in [-0.05, 0) is 43.5 Å². The van der Waals surface area contributed by atoms with Gasteiger partial charge in [0.05, 0.1) is 0 Å². The van der Waals surface area contributed by atoms with Crippen molar-refractivity contribution in [1.82, 2.24) is 15.1 Å². The fourth-order valence-corrected chi connectivity index (χ4v) is 4.88. The van der Waals surface area contributed by atoms with Gasteiger partial charge < -0.3 is 10.2 Å². The van der Waals surface area contributed by atoms with Crippen LogP contribution in [0.4, 0.5) is 0 Å². The van der Waals surface area contributed by atoms with Gasteiger partial charge in [-0.1, -0.05) is 67.1 Å². The van der Waals surface area contributed by atoms with E-state index in [-0.39, 0.29) is 24.8 Å². The number of halogens is 2. The first-order valence-corrected chi connectivity index (χ1v) is 11.2. The molecule has 0 spiro atoms. The Bertz CT molecular complexity index is 692. The van der Waals surface area contributed by atoms with Crippen molar-refractivity contribution >= 4 is 24.8 Å². The summed E-state index contributed by atoms with van der Waals surface area (Å²) >= 11 is 0. The fourth-order valence-electron chi connectivity index (χ4n) is 4.88. The Morgan fingerprint density at radius 2 is 1.43 bits per heavy atom. The SMILES string of the molecule is Cl.Cl.c1ccc(CN2CCC(NCCN3CCCCC3)C(c3ccccc3)C2)cc1. The molecular weight excluding hydrogens is 413 g/mol. The maximum Gasteiger partial charge on any atom is 0.0234 e. The molecule has 0 amide bonds. The summed E-state index contributed by atoms with van der Waals surface area (Å²) in [5.74, 6) is 0.569. The van der Waals surface area contributed by atoms with Crippen molar-refractivity contribution in [1.29, 1.82) is 0 Å². The normalized spacial score (nSPS) is 22.7. The zero-order chi connectivity index (χ0) is 19.0. The molecule has 166 valence electrons. The number of piperidine rings is 2. The summed E-state index contributed by atoms with van der Waals surface area (Å²) < 4.78 is 0. The minimum atomic E-state index is 0. The fraction of sp³-hybridized carbons (Fsp3) is 0.520. The Morgan fingerprint density at radius 3 is 2.13 bits per heavy atom. The molecular formula is C25H37Cl2N3. The second kappa shape index (κ2) is 13.3. The molecule has 2 unspecified atom stereocenters. The molecule has 2 aromatic carbocycles. The molecule has 0 radical (unpaired) electrons. The predicted octanol–water partition coefficient (Wildman–Crippen LogP) is 4.96. The lowest BCUT2D eigenvalue weighted by molar-refractivity contribution is 0.161. The number of likely N-dealkylation sites (tertiary alicyclic amines) is 2. The monoisotopic (exact) mass is 449 g/mol. The van der Waals surface area contributed by atoms with Crippen LogP contribution in [0.3, 0.4) is 0 Å². The Balaban J connectivity index is 0.00000160. The quantitative estimate of drug-likeness (QED) is 0.643.